The highest BCUT2D eigenvalue weighted by molar-refractivity contribution is 5.54. The van der Waals surface area contributed by atoms with Crippen molar-refractivity contribution in [1.82, 2.24) is 5.32 Å². The summed E-state index contributed by atoms with van der Waals surface area (Å²) in [4.78, 5) is 0. The second-order valence-corrected chi connectivity index (χ2v) is 5.01. The van der Waals surface area contributed by atoms with E-state index in [9.17, 15) is 0 Å². The van der Waals surface area contributed by atoms with Gasteiger partial charge in [0.25, 0.3) is 0 Å². The number of aliphatic hydroxyl groups is 1. The predicted octanol–water partition coefficient (Wildman–Crippen LogP) is 1.48. The Morgan fingerprint density at radius 1 is 1.30 bits per heavy atom. The number of ether oxygens (including phenoxy) is 2. The summed E-state index contributed by atoms with van der Waals surface area (Å²) in [5, 5.41) is 15.7. The van der Waals surface area contributed by atoms with Gasteiger partial charge in [0.1, 0.15) is 6.61 Å². The van der Waals surface area contributed by atoms with Crippen LogP contribution in [0.3, 0.4) is 0 Å². The molecule has 5 heteroatoms. The zero-order valence-electron chi connectivity index (χ0n) is 12.0. The molecule has 1 aliphatic heterocycles. The minimum atomic E-state index is -0.00408. The van der Waals surface area contributed by atoms with Gasteiger partial charge < -0.3 is 25.2 Å². The highest BCUT2D eigenvalue weighted by Gasteiger charge is 2.13. The van der Waals surface area contributed by atoms with E-state index in [4.69, 9.17) is 14.6 Å². The number of hydrogen-bond donors (Lipinski definition) is 3. The summed E-state index contributed by atoms with van der Waals surface area (Å²) < 4.78 is 10.7. The first-order valence-corrected chi connectivity index (χ1v) is 7.19. The minimum absolute atomic E-state index is 0.00408. The number of aliphatic hydroxyl groups excluding tert-OH is 1. The Bertz CT molecular complexity index is 406. The number of rotatable bonds is 7. The van der Waals surface area contributed by atoms with Crippen molar-refractivity contribution in [1.29, 1.82) is 0 Å². The van der Waals surface area contributed by atoms with E-state index in [1.807, 2.05) is 18.2 Å². The lowest BCUT2D eigenvalue weighted by atomic mass is 9.98. The van der Waals surface area contributed by atoms with Crippen molar-refractivity contribution in [3.05, 3.63) is 18.2 Å². The van der Waals surface area contributed by atoms with Gasteiger partial charge in [-0.15, -0.1) is 0 Å². The van der Waals surface area contributed by atoms with E-state index in [2.05, 4.69) is 10.6 Å². The Morgan fingerprint density at radius 3 is 2.80 bits per heavy atom. The third kappa shape index (κ3) is 4.28. The van der Waals surface area contributed by atoms with Crippen molar-refractivity contribution >= 4 is 5.69 Å². The van der Waals surface area contributed by atoms with Crippen LogP contribution in [0.2, 0.25) is 0 Å². The second-order valence-electron chi connectivity index (χ2n) is 5.01. The summed E-state index contributed by atoms with van der Waals surface area (Å²) in [7, 11) is 1.61. The van der Waals surface area contributed by atoms with Crippen LogP contribution in [0.15, 0.2) is 18.2 Å². The van der Waals surface area contributed by atoms with E-state index in [-0.39, 0.29) is 13.2 Å². The van der Waals surface area contributed by atoms with Crippen LogP contribution in [0.25, 0.3) is 0 Å². The van der Waals surface area contributed by atoms with Crippen LogP contribution in [0, 0.1) is 5.92 Å². The number of hydrogen-bond acceptors (Lipinski definition) is 5. The van der Waals surface area contributed by atoms with Gasteiger partial charge in [0.2, 0.25) is 0 Å². The average Bonchev–Trinajstić information content (AvgIpc) is 2.52. The predicted molar refractivity (Wildman–Crippen MR) is 79.7 cm³/mol. The Balaban J connectivity index is 1.93. The van der Waals surface area contributed by atoms with Crippen molar-refractivity contribution < 1.29 is 14.6 Å². The standard InChI is InChI=1S/C15H24N2O3/c1-19-14-3-2-13(10-15(14)20-9-8-18)17-11-12-4-6-16-7-5-12/h2-3,10,12,16-18H,4-9,11H2,1H3. The zero-order valence-corrected chi connectivity index (χ0v) is 12.0. The fourth-order valence-electron chi connectivity index (χ4n) is 2.40. The number of nitrogens with one attached hydrogen (secondary N) is 2. The molecule has 0 unspecified atom stereocenters. The molecule has 0 saturated carbocycles. The molecule has 5 nitrogen and oxygen atoms in total. The maximum Gasteiger partial charge on any atom is 0.163 e. The molecule has 0 bridgehead atoms. The first-order valence-electron chi connectivity index (χ1n) is 7.19. The summed E-state index contributed by atoms with van der Waals surface area (Å²) in [6, 6.07) is 5.80. The fourth-order valence-corrected chi connectivity index (χ4v) is 2.40. The number of anilines is 1. The minimum Gasteiger partial charge on any atom is -0.493 e. The molecule has 0 radical (unpaired) electrons. The van der Waals surface area contributed by atoms with Crippen molar-refractivity contribution in [2.24, 2.45) is 5.92 Å². The molecule has 1 aromatic rings. The summed E-state index contributed by atoms with van der Waals surface area (Å²) in [6.45, 7) is 3.47. The van der Waals surface area contributed by atoms with Crippen LogP contribution >= 0.6 is 0 Å². The van der Waals surface area contributed by atoms with E-state index in [1.165, 1.54) is 12.8 Å². The molecule has 0 aromatic heterocycles. The van der Waals surface area contributed by atoms with Crippen LogP contribution in [0.1, 0.15) is 12.8 Å². The summed E-state index contributed by atoms with van der Waals surface area (Å²) >= 11 is 0. The third-order valence-corrected chi connectivity index (χ3v) is 3.57. The summed E-state index contributed by atoms with van der Waals surface area (Å²) in [5.74, 6) is 2.07. The monoisotopic (exact) mass is 280 g/mol. The van der Waals surface area contributed by atoms with Gasteiger partial charge in [0, 0.05) is 18.3 Å². The fraction of sp³-hybridized carbons (Fsp3) is 0.600. The Kier molecular flexibility index (Phi) is 5.95. The third-order valence-electron chi connectivity index (χ3n) is 3.57. The van der Waals surface area contributed by atoms with Crippen LogP contribution in [-0.4, -0.2) is 45.1 Å². The van der Waals surface area contributed by atoms with Crippen LogP contribution in [-0.2, 0) is 0 Å². The molecule has 2 rings (SSSR count). The van der Waals surface area contributed by atoms with Gasteiger partial charge in [-0.3, -0.25) is 0 Å². The highest BCUT2D eigenvalue weighted by atomic mass is 16.5. The van der Waals surface area contributed by atoms with Gasteiger partial charge in [0.15, 0.2) is 11.5 Å². The van der Waals surface area contributed by atoms with Crippen molar-refractivity contribution in [3.63, 3.8) is 0 Å². The maximum absolute atomic E-state index is 8.85. The molecular formula is C15H24N2O3. The lowest BCUT2D eigenvalue weighted by Gasteiger charge is -2.23. The van der Waals surface area contributed by atoms with Crippen LogP contribution < -0.4 is 20.1 Å². The van der Waals surface area contributed by atoms with E-state index in [0.717, 1.165) is 31.2 Å². The molecule has 1 aromatic carbocycles. The van der Waals surface area contributed by atoms with Gasteiger partial charge in [0.05, 0.1) is 13.7 Å². The van der Waals surface area contributed by atoms with Gasteiger partial charge in [-0.1, -0.05) is 0 Å². The van der Waals surface area contributed by atoms with E-state index < -0.39 is 0 Å². The molecule has 0 amide bonds. The molecule has 0 aliphatic carbocycles. The van der Waals surface area contributed by atoms with Gasteiger partial charge in [-0.25, -0.2) is 0 Å². The van der Waals surface area contributed by atoms with Crippen LogP contribution in [0.5, 0.6) is 11.5 Å². The lowest BCUT2D eigenvalue weighted by Crippen LogP contribution is -2.31. The Morgan fingerprint density at radius 2 is 2.10 bits per heavy atom. The zero-order chi connectivity index (χ0) is 14.2. The Labute approximate surface area is 120 Å². The molecule has 1 saturated heterocycles. The molecule has 20 heavy (non-hydrogen) atoms. The summed E-state index contributed by atoms with van der Waals surface area (Å²) in [6.07, 6.45) is 2.44. The smallest absolute Gasteiger partial charge is 0.163 e. The molecular weight excluding hydrogens is 256 g/mol. The first-order chi connectivity index (χ1) is 9.83. The highest BCUT2D eigenvalue weighted by Crippen LogP contribution is 2.30. The SMILES string of the molecule is COc1ccc(NCC2CCNCC2)cc1OCCO. The molecule has 1 fully saturated rings. The van der Waals surface area contributed by atoms with Gasteiger partial charge in [-0.05, 0) is 44.0 Å². The second kappa shape index (κ2) is 7.97. The number of methoxy groups -OCH3 is 1. The lowest BCUT2D eigenvalue weighted by molar-refractivity contribution is 0.196. The molecule has 112 valence electrons. The van der Waals surface area contributed by atoms with Crippen molar-refractivity contribution in [3.8, 4) is 11.5 Å². The average molecular weight is 280 g/mol. The van der Waals surface area contributed by atoms with E-state index in [1.54, 1.807) is 7.11 Å². The molecule has 0 atom stereocenters. The maximum atomic E-state index is 8.85. The van der Waals surface area contributed by atoms with Crippen molar-refractivity contribution in [2.75, 3.05) is 45.3 Å². The topological polar surface area (TPSA) is 62.8 Å². The first kappa shape index (κ1) is 14.9. The summed E-state index contributed by atoms with van der Waals surface area (Å²) in [5.41, 5.74) is 1.03. The number of benzene rings is 1. The molecule has 0 spiro atoms. The van der Waals surface area contributed by atoms with Crippen molar-refractivity contribution in [2.45, 2.75) is 12.8 Å². The van der Waals surface area contributed by atoms with E-state index >= 15 is 0 Å². The quantitative estimate of drug-likeness (QED) is 0.706. The van der Waals surface area contributed by atoms with Crippen LogP contribution in [0.4, 0.5) is 5.69 Å². The normalized spacial score (nSPS) is 15.9. The Hall–Kier alpha value is -1.46. The van der Waals surface area contributed by atoms with E-state index in [0.29, 0.717) is 11.5 Å². The molecule has 1 heterocycles. The van der Waals surface area contributed by atoms with Gasteiger partial charge >= 0.3 is 0 Å². The van der Waals surface area contributed by atoms with Gasteiger partial charge in [-0.2, -0.15) is 0 Å². The molecule has 1 aliphatic rings. The molecule has 3 N–H and O–H groups in total. The largest absolute Gasteiger partial charge is 0.493 e. The number of piperidine rings is 1.